The summed E-state index contributed by atoms with van der Waals surface area (Å²) in [5.74, 6) is -0.538. The van der Waals surface area contributed by atoms with Gasteiger partial charge in [-0.3, -0.25) is 4.79 Å². The van der Waals surface area contributed by atoms with Crippen molar-refractivity contribution in [2.45, 2.75) is 31.7 Å². The smallest absolute Gasteiger partial charge is 0.218 e. The molecule has 2 rings (SSSR count). The van der Waals surface area contributed by atoms with Gasteiger partial charge in [-0.15, -0.1) is 0 Å². The minimum atomic E-state index is -3.30. The molecule has 1 fully saturated rings. The average molecular weight is 256 g/mol. The summed E-state index contributed by atoms with van der Waals surface area (Å²) >= 11 is 0. The maximum Gasteiger partial charge on any atom is 0.218 e. The van der Waals surface area contributed by atoms with Crippen LogP contribution in [0.2, 0.25) is 0 Å². The fourth-order valence-corrected chi connectivity index (χ4v) is 4.13. The van der Waals surface area contributed by atoms with E-state index in [4.69, 9.17) is 5.53 Å². The monoisotopic (exact) mass is 256 g/mol. The van der Waals surface area contributed by atoms with Crippen molar-refractivity contribution in [1.82, 2.24) is 0 Å². The molecule has 5 nitrogen and oxygen atoms in total. The summed E-state index contributed by atoms with van der Waals surface area (Å²) < 4.78 is 23.4. The van der Waals surface area contributed by atoms with Gasteiger partial charge in [0, 0.05) is 24.2 Å². The number of nitrogens with zero attached hydrogens (tertiary/aromatic N) is 1. The summed E-state index contributed by atoms with van der Waals surface area (Å²) in [6.07, 6.45) is 5.89. The first kappa shape index (κ1) is 12.4. The summed E-state index contributed by atoms with van der Waals surface area (Å²) in [5.41, 5.74) is 8.92. The van der Waals surface area contributed by atoms with E-state index in [1.54, 1.807) is 0 Å². The lowest BCUT2D eigenvalue weighted by Crippen LogP contribution is -2.76. The van der Waals surface area contributed by atoms with Gasteiger partial charge >= 0.3 is 0 Å². The Kier molecular flexibility index (Phi) is 3.16. The zero-order chi connectivity index (χ0) is 12.6. The Balaban J connectivity index is 2.48. The third kappa shape index (κ3) is 2.18. The SMILES string of the molecule is CS(=O)(=O)C1=C[C@H]([NH+]=[N-])C(=O)C2CCCCC12. The molecule has 0 radical (unpaired) electrons. The van der Waals surface area contributed by atoms with Crippen LogP contribution in [0.15, 0.2) is 11.0 Å². The van der Waals surface area contributed by atoms with Crippen LogP contribution in [0.1, 0.15) is 25.7 Å². The lowest BCUT2D eigenvalue weighted by molar-refractivity contribution is -0.498. The van der Waals surface area contributed by atoms with Crippen LogP contribution in [0, 0.1) is 11.8 Å². The van der Waals surface area contributed by atoms with Crippen LogP contribution in [0.5, 0.6) is 0 Å². The van der Waals surface area contributed by atoms with Gasteiger partial charge in [0.05, 0.1) is 4.91 Å². The van der Waals surface area contributed by atoms with Gasteiger partial charge in [0.1, 0.15) is 0 Å². The molecule has 0 spiro atoms. The molecule has 1 N–H and O–H groups in total. The summed E-state index contributed by atoms with van der Waals surface area (Å²) in [6, 6.07) is -0.876. The molecule has 3 atom stereocenters. The minimum absolute atomic E-state index is 0.0930. The van der Waals surface area contributed by atoms with Crippen molar-refractivity contribution in [1.29, 1.82) is 0 Å². The van der Waals surface area contributed by atoms with Gasteiger partial charge in [0.25, 0.3) is 0 Å². The number of hydrogen-bond acceptors (Lipinski definition) is 3. The zero-order valence-electron chi connectivity index (χ0n) is 9.72. The molecule has 0 amide bonds. The highest BCUT2D eigenvalue weighted by Gasteiger charge is 2.44. The summed E-state index contributed by atoms with van der Waals surface area (Å²) in [5, 5.41) is 1.90. The first-order chi connectivity index (χ1) is 7.95. The average Bonchev–Trinajstić information content (AvgIpc) is 2.28. The van der Waals surface area contributed by atoms with Crippen LogP contribution >= 0.6 is 0 Å². The number of Topliss-reactive ketones (excluding diaryl/α,β-unsaturated/α-hetero) is 1. The number of ketones is 1. The normalized spacial score (nSPS) is 33.8. The van der Waals surface area contributed by atoms with Crippen molar-refractivity contribution in [3.63, 3.8) is 0 Å². The second-order valence-corrected chi connectivity index (χ2v) is 6.86. The maximum absolute atomic E-state index is 12.0. The van der Waals surface area contributed by atoms with E-state index in [1.165, 1.54) is 6.08 Å². The van der Waals surface area contributed by atoms with Gasteiger partial charge in [0.15, 0.2) is 9.84 Å². The van der Waals surface area contributed by atoms with Crippen LogP contribution < -0.4 is 5.11 Å². The first-order valence-electron chi connectivity index (χ1n) is 5.80. The standard InChI is InChI=1S/C11H16N2O3S/c1-17(15,16)10-6-9(13-12)11(14)8-5-3-2-4-7(8)10/h6-9,13H,2-5H2,1H3/t7?,8?,9-/m0/s1. The van der Waals surface area contributed by atoms with Crippen LogP contribution in [0.3, 0.4) is 0 Å². The number of nitrogens with one attached hydrogen (secondary N) is 1. The molecule has 0 heterocycles. The fourth-order valence-electron chi connectivity index (χ4n) is 2.91. The molecule has 17 heavy (non-hydrogen) atoms. The number of fused-ring (bicyclic) bond motifs is 1. The van der Waals surface area contributed by atoms with Crippen molar-refractivity contribution in [2.24, 2.45) is 11.8 Å². The van der Waals surface area contributed by atoms with Gasteiger partial charge in [-0.2, -0.15) is 0 Å². The highest BCUT2D eigenvalue weighted by atomic mass is 32.2. The number of sulfone groups is 1. The van der Waals surface area contributed by atoms with Gasteiger partial charge in [-0.25, -0.2) is 8.42 Å². The van der Waals surface area contributed by atoms with E-state index in [9.17, 15) is 13.2 Å². The molecule has 0 saturated heterocycles. The lowest BCUT2D eigenvalue weighted by atomic mass is 9.72. The van der Waals surface area contributed by atoms with Crippen molar-refractivity contribution in [2.75, 3.05) is 6.26 Å². The van der Waals surface area contributed by atoms with Gasteiger partial charge < -0.3 is 10.6 Å². The number of rotatable bonds is 2. The van der Waals surface area contributed by atoms with Gasteiger partial charge in [-0.1, -0.05) is 12.8 Å². The second-order valence-electron chi connectivity index (χ2n) is 4.85. The van der Waals surface area contributed by atoms with E-state index >= 15 is 0 Å². The van der Waals surface area contributed by atoms with Crippen molar-refractivity contribution in [3.8, 4) is 0 Å². The topological polar surface area (TPSA) is 87.5 Å². The van der Waals surface area contributed by atoms with E-state index in [0.717, 1.165) is 25.5 Å². The molecular formula is C11H16N2O3S. The Bertz CT molecular complexity index is 481. The summed E-state index contributed by atoms with van der Waals surface area (Å²) in [6.45, 7) is 0. The Labute approximate surface area is 101 Å². The summed E-state index contributed by atoms with van der Waals surface area (Å²) in [7, 11) is -3.30. The van der Waals surface area contributed by atoms with Crippen molar-refractivity contribution in [3.05, 3.63) is 16.5 Å². The van der Waals surface area contributed by atoms with E-state index in [-0.39, 0.29) is 17.6 Å². The third-order valence-electron chi connectivity index (χ3n) is 3.70. The second kappa shape index (κ2) is 4.33. The van der Waals surface area contributed by atoms with E-state index < -0.39 is 15.9 Å². The first-order valence-corrected chi connectivity index (χ1v) is 7.69. The molecule has 1 saturated carbocycles. The molecule has 0 aromatic heterocycles. The fraction of sp³-hybridized carbons (Fsp3) is 0.727. The van der Waals surface area contributed by atoms with E-state index in [0.29, 0.717) is 11.3 Å². The molecule has 6 heteroatoms. The van der Waals surface area contributed by atoms with E-state index in [1.807, 2.05) is 5.11 Å². The molecule has 0 bridgehead atoms. The minimum Gasteiger partial charge on any atom is -0.508 e. The quantitative estimate of drug-likeness (QED) is 0.692. The molecule has 2 aliphatic rings. The molecule has 2 unspecified atom stereocenters. The number of hydrogen-bond donors (Lipinski definition) is 1. The van der Waals surface area contributed by atoms with Crippen LogP contribution in [-0.4, -0.2) is 26.5 Å². The molecule has 2 aliphatic carbocycles. The zero-order valence-corrected chi connectivity index (χ0v) is 10.5. The van der Waals surface area contributed by atoms with Crippen LogP contribution in [0.4, 0.5) is 0 Å². The number of carbonyl (C=O) groups is 1. The van der Waals surface area contributed by atoms with E-state index in [2.05, 4.69) is 0 Å². The highest BCUT2D eigenvalue weighted by Crippen LogP contribution is 2.40. The number of allylic oxidation sites excluding steroid dienone is 1. The summed E-state index contributed by atoms with van der Waals surface area (Å²) in [4.78, 5) is 12.3. The van der Waals surface area contributed by atoms with Crippen molar-refractivity contribution >= 4 is 15.6 Å². The van der Waals surface area contributed by atoms with Crippen LogP contribution in [-0.2, 0) is 14.6 Å². The maximum atomic E-state index is 12.0. The number of carbonyl (C=O) groups excluding carboxylic acids is 1. The Morgan fingerprint density at radius 3 is 2.41 bits per heavy atom. The highest BCUT2D eigenvalue weighted by molar-refractivity contribution is 7.94. The predicted octanol–water partition coefficient (Wildman–Crippen LogP) is -0.225. The lowest BCUT2D eigenvalue weighted by Gasteiger charge is -2.35. The Morgan fingerprint density at radius 1 is 1.29 bits per heavy atom. The molecule has 94 valence electrons. The third-order valence-corrected chi connectivity index (χ3v) is 5.00. The molecule has 0 aliphatic heterocycles. The Hall–Kier alpha value is -1.04. The molecule has 0 aromatic rings. The molecular weight excluding hydrogens is 240 g/mol. The van der Waals surface area contributed by atoms with Crippen molar-refractivity contribution < 1.29 is 18.3 Å². The largest absolute Gasteiger partial charge is 0.508 e. The van der Waals surface area contributed by atoms with Gasteiger partial charge in [0.2, 0.25) is 11.8 Å². The predicted molar refractivity (Wildman–Crippen MR) is 61.5 cm³/mol. The van der Waals surface area contributed by atoms with Gasteiger partial charge in [-0.05, 0) is 12.8 Å². The van der Waals surface area contributed by atoms with Crippen LogP contribution in [0.25, 0.3) is 5.53 Å². The molecule has 0 aromatic carbocycles. The Morgan fingerprint density at radius 2 is 1.88 bits per heavy atom.